The third kappa shape index (κ3) is 2.01. The Kier molecular flexibility index (Phi) is 3.42. The Morgan fingerprint density at radius 3 is 2.44 bits per heavy atom. The molecule has 0 aliphatic carbocycles. The molecule has 0 N–H and O–H groups in total. The van der Waals surface area contributed by atoms with Crippen molar-refractivity contribution >= 4 is 5.69 Å². The summed E-state index contributed by atoms with van der Waals surface area (Å²) in [5.41, 5.74) is 4.13. The standard InChI is InChI=1S/C17H21N/c1-5-6-7-8-13-16-17(2,3)14-11-9-10-12-15(14)18(16)4/h5-13H,1-4H3/b6-5+,8-7+,16-13-. The van der Waals surface area contributed by atoms with Crippen molar-refractivity contribution in [1.82, 2.24) is 0 Å². The molecule has 1 aliphatic rings. The maximum absolute atomic E-state index is 2.29. The summed E-state index contributed by atoms with van der Waals surface area (Å²) in [6.07, 6.45) is 10.5. The Morgan fingerprint density at radius 2 is 1.78 bits per heavy atom. The maximum atomic E-state index is 2.29. The van der Waals surface area contributed by atoms with E-state index in [1.54, 1.807) is 0 Å². The van der Waals surface area contributed by atoms with Gasteiger partial charge in [-0.25, -0.2) is 0 Å². The van der Waals surface area contributed by atoms with Gasteiger partial charge in [0.15, 0.2) is 0 Å². The van der Waals surface area contributed by atoms with Crippen molar-refractivity contribution in [2.45, 2.75) is 26.2 Å². The number of anilines is 1. The van der Waals surface area contributed by atoms with E-state index in [4.69, 9.17) is 0 Å². The normalized spacial score (nSPS) is 20.2. The van der Waals surface area contributed by atoms with Crippen LogP contribution in [-0.2, 0) is 5.41 Å². The van der Waals surface area contributed by atoms with E-state index in [2.05, 4.69) is 68.3 Å². The third-order valence-corrected chi connectivity index (χ3v) is 3.61. The Balaban J connectivity index is 2.41. The fourth-order valence-electron chi connectivity index (χ4n) is 2.62. The van der Waals surface area contributed by atoms with Crippen LogP contribution >= 0.6 is 0 Å². The number of fused-ring (bicyclic) bond motifs is 1. The van der Waals surface area contributed by atoms with Gasteiger partial charge in [0.25, 0.3) is 0 Å². The lowest BCUT2D eigenvalue weighted by Gasteiger charge is -2.23. The molecule has 0 unspecified atom stereocenters. The molecule has 0 saturated carbocycles. The van der Waals surface area contributed by atoms with Crippen molar-refractivity contribution in [1.29, 1.82) is 0 Å². The second-order valence-electron chi connectivity index (χ2n) is 5.16. The van der Waals surface area contributed by atoms with Gasteiger partial charge in [-0.3, -0.25) is 0 Å². The summed E-state index contributed by atoms with van der Waals surface area (Å²) in [5, 5.41) is 0. The number of rotatable bonds is 2. The number of hydrogen-bond acceptors (Lipinski definition) is 1. The smallest absolute Gasteiger partial charge is 0.0447 e. The Hall–Kier alpha value is -1.76. The van der Waals surface area contributed by atoms with Crippen LogP contribution in [0.2, 0.25) is 0 Å². The predicted octanol–water partition coefficient (Wildman–Crippen LogP) is 4.43. The minimum atomic E-state index is 0.0750. The zero-order chi connectivity index (χ0) is 13.2. The molecule has 0 aromatic heterocycles. The lowest BCUT2D eigenvalue weighted by atomic mass is 9.84. The number of hydrogen-bond donors (Lipinski definition) is 0. The van der Waals surface area contributed by atoms with Gasteiger partial charge < -0.3 is 4.90 Å². The lowest BCUT2D eigenvalue weighted by molar-refractivity contribution is 0.640. The highest BCUT2D eigenvalue weighted by molar-refractivity contribution is 5.70. The molecule has 1 heteroatoms. The van der Waals surface area contributed by atoms with Crippen LogP contribution < -0.4 is 4.90 Å². The number of benzene rings is 1. The van der Waals surface area contributed by atoms with E-state index in [1.165, 1.54) is 16.9 Å². The van der Waals surface area contributed by atoms with Crippen molar-refractivity contribution in [3.63, 3.8) is 0 Å². The van der Waals surface area contributed by atoms with Crippen LogP contribution in [0.4, 0.5) is 5.69 Å². The van der Waals surface area contributed by atoms with Crippen LogP contribution in [0.15, 0.2) is 60.3 Å². The molecule has 0 radical (unpaired) electrons. The highest BCUT2D eigenvalue weighted by Crippen LogP contribution is 2.46. The van der Waals surface area contributed by atoms with Gasteiger partial charge in [-0.15, -0.1) is 0 Å². The second-order valence-corrected chi connectivity index (χ2v) is 5.16. The number of para-hydroxylation sites is 1. The van der Waals surface area contributed by atoms with Gasteiger partial charge in [-0.2, -0.15) is 0 Å². The van der Waals surface area contributed by atoms with E-state index in [0.29, 0.717) is 0 Å². The maximum Gasteiger partial charge on any atom is 0.0447 e. The summed E-state index contributed by atoms with van der Waals surface area (Å²) >= 11 is 0. The number of allylic oxidation sites excluding steroid dienone is 6. The number of nitrogens with zero attached hydrogens (tertiary/aromatic N) is 1. The van der Waals surface area contributed by atoms with Crippen molar-refractivity contribution < 1.29 is 0 Å². The molecule has 2 rings (SSSR count). The van der Waals surface area contributed by atoms with Gasteiger partial charge in [0.1, 0.15) is 0 Å². The average molecular weight is 239 g/mol. The molecule has 0 spiro atoms. The monoisotopic (exact) mass is 239 g/mol. The molecule has 1 aliphatic heterocycles. The molecule has 18 heavy (non-hydrogen) atoms. The van der Waals surface area contributed by atoms with E-state index >= 15 is 0 Å². The molecule has 1 aromatic rings. The molecular weight excluding hydrogens is 218 g/mol. The Bertz CT molecular complexity index is 518. The average Bonchev–Trinajstić information content (AvgIpc) is 2.55. The van der Waals surface area contributed by atoms with Gasteiger partial charge >= 0.3 is 0 Å². The van der Waals surface area contributed by atoms with Crippen molar-refractivity contribution in [2.24, 2.45) is 0 Å². The molecule has 0 atom stereocenters. The minimum absolute atomic E-state index is 0.0750. The molecule has 1 nitrogen and oxygen atoms in total. The summed E-state index contributed by atoms with van der Waals surface area (Å²) in [6.45, 7) is 6.59. The predicted molar refractivity (Wildman–Crippen MR) is 79.9 cm³/mol. The van der Waals surface area contributed by atoms with Crippen LogP contribution in [0.25, 0.3) is 0 Å². The second kappa shape index (κ2) is 4.85. The van der Waals surface area contributed by atoms with Gasteiger partial charge in [0, 0.05) is 23.8 Å². The molecule has 0 bridgehead atoms. The Morgan fingerprint density at radius 1 is 1.06 bits per heavy atom. The van der Waals surface area contributed by atoms with E-state index in [-0.39, 0.29) is 5.41 Å². The van der Waals surface area contributed by atoms with Crippen LogP contribution in [0, 0.1) is 0 Å². The first-order valence-corrected chi connectivity index (χ1v) is 6.42. The zero-order valence-electron chi connectivity index (χ0n) is 11.6. The molecular formula is C17H21N. The highest BCUT2D eigenvalue weighted by atomic mass is 15.2. The first kappa shape index (κ1) is 12.7. The van der Waals surface area contributed by atoms with E-state index in [0.717, 1.165) is 0 Å². The topological polar surface area (TPSA) is 3.24 Å². The quantitative estimate of drug-likeness (QED) is 0.690. The lowest BCUT2D eigenvalue weighted by Crippen LogP contribution is -2.22. The molecule has 1 heterocycles. The van der Waals surface area contributed by atoms with Crippen molar-refractivity contribution in [2.75, 3.05) is 11.9 Å². The van der Waals surface area contributed by atoms with E-state index < -0.39 is 0 Å². The molecule has 0 amide bonds. The van der Waals surface area contributed by atoms with Crippen molar-refractivity contribution in [3.05, 3.63) is 65.9 Å². The highest BCUT2D eigenvalue weighted by Gasteiger charge is 2.37. The zero-order valence-corrected chi connectivity index (χ0v) is 11.6. The first-order valence-electron chi connectivity index (χ1n) is 6.42. The van der Waals surface area contributed by atoms with Crippen LogP contribution in [0.3, 0.4) is 0 Å². The SMILES string of the molecule is C/C=C/C=C/C=C1\N(C)c2ccccc2C1(C)C. The van der Waals surface area contributed by atoms with Crippen LogP contribution in [0.5, 0.6) is 0 Å². The molecule has 1 aromatic carbocycles. The molecule has 0 saturated heterocycles. The Labute approximate surface area is 110 Å². The summed E-state index contributed by atoms with van der Waals surface area (Å²) < 4.78 is 0. The largest absolute Gasteiger partial charge is 0.347 e. The van der Waals surface area contributed by atoms with E-state index in [9.17, 15) is 0 Å². The van der Waals surface area contributed by atoms with Gasteiger partial charge in [-0.05, 0) is 24.6 Å². The number of likely N-dealkylation sites (N-methyl/N-ethyl adjacent to an activating group) is 1. The third-order valence-electron chi connectivity index (χ3n) is 3.61. The summed E-state index contributed by atoms with van der Waals surface area (Å²) in [7, 11) is 2.14. The molecule has 0 fully saturated rings. The fraction of sp³-hybridized carbons (Fsp3) is 0.294. The summed E-state index contributed by atoms with van der Waals surface area (Å²) in [5.74, 6) is 0. The molecule has 94 valence electrons. The van der Waals surface area contributed by atoms with Gasteiger partial charge in [0.2, 0.25) is 0 Å². The van der Waals surface area contributed by atoms with Gasteiger partial charge in [-0.1, -0.05) is 56.4 Å². The van der Waals surface area contributed by atoms with Crippen LogP contribution in [-0.4, -0.2) is 7.05 Å². The summed E-state index contributed by atoms with van der Waals surface area (Å²) in [4.78, 5) is 2.29. The first-order chi connectivity index (χ1) is 8.59. The minimum Gasteiger partial charge on any atom is -0.347 e. The fourth-order valence-corrected chi connectivity index (χ4v) is 2.62. The van der Waals surface area contributed by atoms with E-state index in [1.807, 2.05) is 19.1 Å². The van der Waals surface area contributed by atoms with Crippen molar-refractivity contribution in [3.8, 4) is 0 Å². The summed E-state index contributed by atoms with van der Waals surface area (Å²) in [6, 6.07) is 8.63. The van der Waals surface area contributed by atoms with Crippen LogP contribution in [0.1, 0.15) is 26.3 Å². The van der Waals surface area contributed by atoms with Gasteiger partial charge in [0.05, 0.1) is 0 Å².